The first-order valence-corrected chi connectivity index (χ1v) is 8.72. The predicted molar refractivity (Wildman–Crippen MR) is 100 cm³/mol. The molecule has 0 spiro atoms. The molecule has 0 aliphatic carbocycles. The number of nitrogens with one attached hydrogen (secondary N) is 1. The van der Waals surface area contributed by atoms with E-state index >= 15 is 0 Å². The van der Waals surface area contributed by atoms with Gasteiger partial charge in [0.2, 0.25) is 0 Å². The lowest BCUT2D eigenvalue weighted by atomic mass is 10.0. The Hall–Kier alpha value is -2.24. The molecular weight excluding hydrogens is 334 g/mol. The first-order chi connectivity index (χ1) is 11.9. The highest BCUT2D eigenvalue weighted by Gasteiger charge is 2.22. The Bertz CT molecular complexity index is 596. The smallest absolute Gasteiger partial charge is 0.407 e. The van der Waals surface area contributed by atoms with Gasteiger partial charge in [-0.1, -0.05) is 12.1 Å². The Balaban J connectivity index is 2.78. The summed E-state index contributed by atoms with van der Waals surface area (Å²) in [6.45, 7) is 11.3. The summed E-state index contributed by atoms with van der Waals surface area (Å²) in [7, 11) is 1.32. The molecule has 0 saturated heterocycles. The highest BCUT2D eigenvalue weighted by atomic mass is 16.6. The second kappa shape index (κ2) is 8.92. The van der Waals surface area contributed by atoms with Gasteiger partial charge in [-0.3, -0.25) is 4.79 Å². The van der Waals surface area contributed by atoms with E-state index in [1.54, 1.807) is 20.8 Å². The van der Waals surface area contributed by atoms with Crippen LogP contribution in [-0.4, -0.2) is 36.4 Å². The van der Waals surface area contributed by atoms with Gasteiger partial charge in [0.1, 0.15) is 17.0 Å². The molecule has 6 nitrogen and oxygen atoms in total. The minimum atomic E-state index is -0.605. The lowest BCUT2D eigenvalue weighted by Crippen LogP contribution is -2.41. The summed E-state index contributed by atoms with van der Waals surface area (Å²) in [5.41, 5.74) is 0.0928. The van der Waals surface area contributed by atoms with Crippen LogP contribution < -0.4 is 10.1 Å². The maximum atomic E-state index is 12.0. The normalized spacial score (nSPS) is 12.9. The molecule has 0 bridgehead atoms. The quantitative estimate of drug-likeness (QED) is 0.775. The molecule has 0 saturated carbocycles. The number of carbonyl (C=O) groups is 2. The number of amides is 1. The van der Waals surface area contributed by atoms with Crippen LogP contribution in [0.2, 0.25) is 0 Å². The molecule has 1 aromatic carbocycles. The van der Waals surface area contributed by atoms with Gasteiger partial charge in [-0.05, 0) is 65.7 Å². The van der Waals surface area contributed by atoms with E-state index in [9.17, 15) is 9.59 Å². The van der Waals surface area contributed by atoms with E-state index in [-0.39, 0.29) is 12.0 Å². The van der Waals surface area contributed by atoms with Crippen LogP contribution in [0, 0.1) is 0 Å². The fourth-order valence-corrected chi connectivity index (χ4v) is 2.26. The summed E-state index contributed by atoms with van der Waals surface area (Å²) in [5.74, 6) is 0.379. The predicted octanol–water partition coefficient (Wildman–Crippen LogP) is 3.86. The van der Waals surface area contributed by atoms with Gasteiger partial charge in [-0.25, -0.2) is 4.79 Å². The molecule has 1 aromatic rings. The van der Waals surface area contributed by atoms with E-state index in [1.807, 2.05) is 45.0 Å². The highest BCUT2D eigenvalue weighted by molar-refractivity contribution is 5.72. The van der Waals surface area contributed by atoms with Crippen LogP contribution in [0.4, 0.5) is 4.79 Å². The Kier molecular flexibility index (Phi) is 7.48. The number of ether oxygens (including phenoxy) is 3. The van der Waals surface area contributed by atoms with Crippen molar-refractivity contribution >= 4 is 12.1 Å². The number of rotatable bonds is 6. The average Bonchev–Trinajstić information content (AvgIpc) is 2.45. The van der Waals surface area contributed by atoms with Crippen molar-refractivity contribution in [1.29, 1.82) is 0 Å². The minimum Gasteiger partial charge on any atom is -0.488 e. The van der Waals surface area contributed by atoms with E-state index in [1.165, 1.54) is 7.11 Å². The van der Waals surface area contributed by atoms with Crippen molar-refractivity contribution < 1.29 is 23.8 Å². The van der Waals surface area contributed by atoms with E-state index in [0.717, 1.165) is 11.3 Å². The van der Waals surface area contributed by atoms with Crippen LogP contribution in [0.25, 0.3) is 0 Å². The maximum absolute atomic E-state index is 12.0. The molecule has 1 atom stereocenters. The molecule has 0 heterocycles. The molecule has 6 heteroatoms. The van der Waals surface area contributed by atoms with E-state index < -0.39 is 23.7 Å². The molecule has 1 amide bonds. The van der Waals surface area contributed by atoms with Gasteiger partial charge < -0.3 is 19.5 Å². The van der Waals surface area contributed by atoms with Crippen LogP contribution in [0.5, 0.6) is 5.75 Å². The fourth-order valence-electron chi connectivity index (χ4n) is 2.26. The first kappa shape index (κ1) is 21.8. The molecule has 0 aliphatic heterocycles. The number of alkyl carbamates (subject to hydrolysis) is 1. The molecule has 0 radical (unpaired) electrons. The van der Waals surface area contributed by atoms with Gasteiger partial charge in [-0.15, -0.1) is 0 Å². The monoisotopic (exact) mass is 365 g/mol. The molecule has 1 rings (SSSR count). The van der Waals surface area contributed by atoms with Gasteiger partial charge in [0.25, 0.3) is 0 Å². The number of hydrogen-bond acceptors (Lipinski definition) is 5. The lowest BCUT2D eigenvalue weighted by Gasteiger charge is -2.24. The Morgan fingerprint density at radius 1 is 1.00 bits per heavy atom. The van der Waals surface area contributed by atoms with Crippen LogP contribution >= 0.6 is 0 Å². The molecule has 26 heavy (non-hydrogen) atoms. The second-order valence-electron chi connectivity index (χ2n) is 8.19. The zero-order chi connectivity index (χ0) is 20.0. The topological polar surface area (TPSA) is 73.9 Å². The standard InChI is InChI=1S/C20H31NO5/c1-19(2,3)25-16-10-8-14(9-11-16)12-15(13-17(22)24-7)21-18(23)26-20(4,5)6/h8-11,15H,12-13H2,1-7H3,(H,21,23)/t15-/m0/s1. The number of carbonyl (C=O) groups excluding carboxylic acids is 2. The largest absolute Gasteiger partial charge is 0.488 e. The number of benzene rings is 1. The summed E-state index contributed by atoms with van der Waals surface area (Å²) in [6.07, 6.45) is -0.0146. The van der Waals surface area contributed by atoms with Crippen molar-refractivity contribution in [1.82, 2.24) is 5.32 Å². The van der Waals surface area contributed by atoms with Crippen LogP contribution in [0.3, 0.4) is 0 Å². The third kappa shape index (κ3) is 9.30. The average molecular weight is 365 g/mol. The lowest BCUT2D eigenvalue weighted by molar-refractivity contribution is -0.141. The number of esters is 1. The van der Waals surface area contributed by atoms with Crippen molar-refractivity contribution in [3.63, 3.8) is 0 Å². The summed E-state index contributed by atoms with van der Waals surface area (Å²) in [4.78, 5) is 23.7. The molecular formula is C20H31NO5. The third-order valence-corrected chi connectivity index (χ3v) is 3.19. The molecule has 0 aliphatic rings. The SMILES string of the molecule is COC(=O)C[C@H](Cc1ccc(OC(C)(C)C)cc1)NC(=O)OC(C)(C)C. The van der Waals surface area contributed by atoms with Crippen molar-refractivity contribution in [2.45, 2.75) is 71.6 Å². The van der Waals surface area contributed by atoms with Crippen molar-refractivity contribution in [2.75, 3.05) is 7.11 Å². The Labute approximate surface area is 156 Å². The molecule has 0 aromatic heterocycles. The van der Waals surface area contributed by atoms with Gasteiger partial charge in [0.15, 0.2) is 0 Å². The minimum absolute atomic E-state index is 0.0655. The highest BCUT2D eigenvalue weighted by Crippen LogP contribution is 2.19. The second-order valence-corrected chi connectivity index (χ2v) is 8.19. The zero-order valence-corrected chi connectivity index (χ0v) is 16.8. The van der Waals surface area contributed by atoms with Gasteiger partial charge in [0, 0.05) is 6.04 Å². The molecule has 146 valence electrons. The van der Waals surface area contributed by atoms with Crippen LogP contribution in [-0.2, 0) is 20.7 Å². The van der Waals surface area contributed by atoms with Crippen LogP contribution in [0.1, 0.15) is 53.5 Å². The Morgan fingerprint density at radius 2 is 1.58 bits per heavy atom. The van der Waals surface area contributed by atoms with E-state index in [2.05, 4.69) is 5.32 Å². The van der Waals surface area contributed by atoms with Crippen molar-refractivity contribution in [3.8, 4) is 5.75 Å². The maximum Gasteiger partial charge on any atom is 0.407 e. The fraction of sp³-hybridized carbons (Fsp3) is 0.600. The van der Waals surface area contributed by atoms with Gasteiger partial charge in [0.05, 0.1) is 13.5 Å². The molecule has 0 unspecified atom stereocenters. The Morgan fingerprint density at radius 3 is 2.04 bits per heavy atom. The van der Waals surface area contributed by atoms with Crippen molar-refractivity contribution in [2.24, 2.45) is 0 Å². The summed E-state index contributed by atoms with van der Waals surface area (Å²) >= 11 is 0. The number of methoxy groups -OCH3 is 1. The van der Waals surface area contributed by atoms with E-state index in [0.29, 0.717) is 6.42 Å². The molecule has 1 N–H and O–H groups in total. The van der Waals surface area contributed by atoms with E-state index in [4.69, 9.17) is 14.2 Å². The van der Waals surface area contributed by atoms with Gasteiger partial charge >= 0.3 is 12.1 Å². The summed E-state index contributed by atoms with van der Waals surface area (Å²) in [6, 6.07) is 7.17. The van der Waals surface area contributed by atoms with Crippen LogP contribution in [0.15, 0.2) is 24.3 Å². The first-order valence-electron chi connectivity index (χ1n) is 8.72. The summed E-state index contributed by atoms with van der Waals surface area (Å²) in [5, 5.41) is 2.75. The zero-order valence-electron chi connectivity index (χ0n) is 16.8. The molecule has 0 fully saturated rings. The van der Waals surface area contributed by atoms with Crippen molar-refractivity contribution in [3.05, 3.63) is 29.8 Å². The third-order valence-electron chi connectivity index (χ3n) is 3.19. The summed E-state index contributed by atoms with van der Waals surface area (Å²) < 4.78 is 15.8. The van der Waals surface area contributed by atoms with Gasteiger partial charge in [-0.2, -0.15) is 0 Å². The number of hydrogen-bond donors (Lipinski definition) is 1.